The summed E-state index contributed by atoms with van der Waals surface area (Å²) < 4.78 is 0. The summed E-state index contributed by atoms with van der Waals surface area (Å²) in [5.41, 5.74) is 7.56. The quantitative estimate of drug-likeness (QED) is 0.723. The third-order valence-corrected chi connectivity index (χ3v) is 1.96. The van der Waals surface area contributed by atoms with E-state index < -0.39 is 0 Å². The Morgan fingerprint density at radius 1 is 1.36 bits per heavy atom. The molecule has 0 amide bonds. The molecule has 0 saturated carbocycles. The molecule has 1 aromatic rings. The minimum absolute atomic E-state index is 0.00735. The van der Waals surface area contributed by atoms with Crippen LogP contribution in [-0.2, 0) is 6.42 Å². The highest BCUT2D eigenvalue weighted by Crippen LogP contribution is 2.06. The lowest BCUT2D eigenvalue weighted by Gasteiger charge is -2.07. The van der Waals surface area contributed by atoms with Gasteiger partial charge in [-0.05, 0) is 24.1 Å². The lowest BCUT2D eigenvalue weighted by atomic mass is 10.0. The zero-order chi connectivity index (χ0) is 10.4. The first-order chi connectivity index (χ1) is 6.76. The van der Waals surface area contributed by atoms with Crippen LogP contribution < -0.4 is 5.73 Å². The van der Waals surface area contributed by atoms with E-state index in [9.17, 15) is 0 Å². The highest BCUT2D eigenvalue weighted by atomic mass is 14.6. The molecular formula is C12H12N2. The number of terminal acetylenes is 1. The van der Waals surface area contributed by atoms with Crippen molar-refractivity contribution < 1.29 is 0 Å². The summed E-state index contributed by atoms with van der Waals surface area (Å²) in [4.78, 5) is 0. The molecule has 14 heavy (non-hydrogen) atoms. The van der Waals surface area contributed by atoms with E-state index in [1.165, 1.54) is 0 Å². The van der Waals surface area contributed by atoms with Gasteiger partial charge in [0.1, 0.15) is 0 Å². The number of hydrogen-bond donors (Lipinski definition) is 1. The van der Waals surface area contributed by atoms with E-state index in [4.69, 9.17) is 17.4 Å². The third-order valence-electron chi connectivity index (χ3n) is 1.96. The smallest absolute Gasteiger partial charge is 0.0991 e. The van der Waals surface area contributed by atoms with Crippen molar-refractivity contribution in [3.8, 4) is 18.4 Å². The van der Waals surface area contributed by atoms with Crippen molar-refractivity contribution in [3.05, 3.63) is 35.4 Å². The van der Waals surface area contributed by atoms with Gasteiger partial charge in [0.25, 0.3) is 0 Å². The fourth-order valence-corrected chi connectivity index (χ4v) is 1.24. The van der Waals surface area contributed by atoms with Crippen LogP contribution >= 0.6 is 0 Å². The van der Waals surface area contributed by atoms with Gasteiger partial charge in [0, 0.05) is 12.5 Å². The Morgan fingerprint density at radius 2 is 2.00 bits per heavy atom. The second-order valence-corrected chi connectivity index (χ2v) is 3.18. The predicted molar refractivity (Wildman–Crippen MR) is 56.3 cm³/mol. The van der Waals surface area contributed by atoms with E-state index in [2.05, 4.69) is 12.0 Å². The Bertz CT molecular complexity index is 365. The Morgan fingerprint density at radius 3 is 2.50 bits per heavy atom. The second kappa shape index (κ2) is 5.07. The van der Waals surface area contributed by atoms with Crippen LogP contribution in [-0.4, -0.2) is 6.04 Å². The van der Waals surface area contributed by atoms with Crippen LogP contribution in [0.15, 0.2) is 24.3 Å². The normalized spacial score (nSPS) is 11.4. The van der Waals surface area contributed by atoms with Crippen LogP contribution in [0.3, 0.4) is 0 Å². The first-order valence-electron chi connectivity index (χ1n) is 4.44. The van der Waals surface area contributed by atoms with Gasteiger partial charge in [-0.1, -0.05) is 12.1 Å². The van der Waals surface area contributed by atoms with Gasteiger partial charge in [0.2, 0.25) is 0 Å². The van der Waals surface area contributed by atoms with E-state index in [0.717, 1.165) is 12.0 Å². The van der Waals surface area contributed by atoms with Gasteiger partial charge in [-0.2, -0.15) is 5.26 Å². The van der Waals surface area contributed by atoms with Crippen LogP contribution in [0.1, 0.15) is 17.5 Å². The lowest BCUT2D eigenvalue weighted by Crippen LogP contribution is -2.21. The molecular weight excluding hydrogens is 172 g/mol. The SMILES string of the molecule is C#CCC(N)Cc1ccc(C#N)cc1. The Labute approximate surface area is 84.4 Å². The van der Waals surface area contributed by atoms with Gasteiger partial charge >= 0.3 is 0 Å². The molecule has 0 fully saturated rings. The van der Waals surface area contributed by atoms with Gasteiger partial charge in [0.15, 0.2) is 0 Å². The maximum absolute atomic E-state index is 8.59. The molecule has 2 heteroatoms. The fourth-order valence-electron chi connectivity index (χ4n) is 1.24. The van der Waals surface area contributed by atoms with Gasteiger partial charge < -0.3 is 5.73 Å². The van der Waals surface area contributed by atoms with Gasteiger partial charge in [0.05, 0.1) is 11.6 Å². The van der Waals surface area contributed by atoms with E-state index in [1.54, 1.807) is 12.1 Å². The Hall–Kier alpha value is -1.77. The van der Waals surface area contributed by atoms with Gasteiger partial charge in [-0.15, -0.1) is 12.3 Å². The average molecular weight is 184 g/mol. The Balaban J connectivity index is 2.61. The summed E-state index contributed by atoms with van der Waals surface area (Å²) >= 11 is 0. The molecule has 0 aliphatic heterocycles. The molecule has 2 N–H and O–H groups in total. The van der Waals surface area contributed by atoms with Crippen LogP contribution in [0.2, 0.25) is 0 Å². The molecule has 1 aromatic carbocycles. The van der Waals surface area contributed by atoms with Crippen LogP contribution in [0.25, 0.3) is 0 Å². The largest absolute Gasteiger partial charge is 0.327 e. The molecule has 0 aliphatic carbocycles. The van der Waals surface area contributed by atoms with E-state index in [1.807, 2.05) is 12.1 Å². The maximum atomic E-state index is 8.59. The molecule has 0 spiro atoms. The van der Waals surface area contributed by atoms with Crippen molar-refractivity contribution in [2.24, 2.45) is 5.73 Å². The maximum Gasteiger partial charge on any atom is 0.0991 e. The second-order valence-electron chi connectivity index (χ2n) is 3.18. The van der Waals surface area contributed by atoms with E-state index in [-0.39, 0.29) is 6.04 Å². The molecule has 0 saturated heterocycles. The minimum atomic E-state index is 0.00735. The summed E-state index contributed by atoms with van der Waals surface area (Å²) in [6.07, 6.45) is 6.50. The number of rotatable bonds is 3. The molecule has 0 aliphatic rings. The first kappa shape index (κ1) is 10.3. The number of nitrogens with two attached hydrogens (primary N) is 1. The highest BCUT2D eigenvalue weighted by Gasteiger charge is 2.01. The molecule has 0 bridgehead atoms. The standard InChI is InChI=1S/C12H12N2/c1-2-3-12(14)8-10-4-6-11(9-13)7-5-10/h1,4-7,12H,3,8,14H2. The van der Waals surface area contributed by atoms with Crippen molar-refractivity contribution in [2.45, 2.75) is 18.9 Å². The zero-order valence-corrected chi connectivity index (χ0v) is 7.90. The topological polar surface area (TPSA) is 49.8 Å². The summed E-state index contributed by atoms with van der Waals surface area (Å²) in [6, 6.07) is 9.48. The number of nitriles is 1. The number of nitrogens with zero attached hydrogens (tertiary/aromatic N) is 1. The number of benzene rings is 1. The lowest BCUT2D eigenvalue weighted by molar-refractivity contribution is 0.689. The molecule has 2 nitrogen and oxygen atoms in total. The molecule has 1 atom stereocenters. The first-order valence-corrected chi connectivity index (χ1v) is 4.44. The van der Waals surface area contributed by atoms with Crippen LogP contribution in [0, 0.1) is 23.7 Å². The fraction of sp³-hybridized carbons (Fsp3) is 0.250. The van der Waals surface area contributed by atoms with Gasteiger partial charge in [-0.3, -0.25) is 0 Å². The Kier molecular flexibility index (Phi) is 3.73. The van der Waals surface area contributed by atoms with Crippen molar-refractivity contribution in [1.29, 1.82) is 5.26 Å². The molecule has 0 heterocycles. The molecule has 1 rings (SSSR count). The zero-order valence-electron chi connectivity index (χ0n) is 7.90. The van der Waals surface area contributed by atoms with Gasteiger partial charge in [-0.25, -0.2) is 0 Å². The van der Waals surface area contributed by atoms with E-state index in [0.29, 0.717) is 12.0 Å². The summed E-state index contributed by atoms with van der Waals surface area (Å²) in [7, 11) is 0. The van der Waals surface area contributed by atoms with Crippen molar-refractivity contribution in [1.82, 2.24) is 0 Å². The summed E-state index contributed by atoms with van der Waals surface area (Å²) in [5.74, 6) is 2.53. The molecule has 0 radical (unpaired) electrons. The van der Waals surface area contributed by atoms with Crippen molar-refractivity contribution >= 4 is 0 Å². The molecule has 0 aromatic heterocycles. The number of hydrogen-bond acceptors (Lipinski definition) is 2. The summed E-state index contributed by atoms with van der Waals surface area (Å²) in [6.45, 7) is 0. The molecule has 1 unspecified atom stereocenters. The average Bonchev–Trinajstić information content (AvgIpc) is 2.19. The summed E-state index contributed by atoms with van der Waals surface area (Å²) in [5, 5.41) is 8.59. The minimum Gasteiger partial charge on any atom is -0.327 e. The van der Waals surface area contributed by atoms with Crippen LogP contribution in [0.4, 0.5) is 0 Å². The third kappa shape index (κ3) is 2.94. The van der Waals surface area contributed by atoms with E-state index >= 15 is 0 Å². The van der Waals surface area contributed by atoms with Crippen molar-refractivity contribution in [2.75, 3.05) is 0 Å². The van der Waals surface area contributed by atoms with Crippen LogP contribution in [0.5, 0.6) is 0 Å². The predicted octanol–water partition coefficient (Wildman–Crippen LogP) is 1.45. The highest BCUT2D eigenvalue weighted by molar-refractivity contribution is 5.31. The molecule has 70 valence electrons. The monoisotopic (exact) mass is 184 g/mol. The van der Waals surface area contributed by atoms with Crippen molar-refractivity contribution in [3.63, 3.8) is 0 Å².